The van der Waals surface area contributed by atoms with Gasteiger partial charge < -0.3 is 0 Å². The van der Waals surface area contributed by atoms with Crippen molar-refractivity contribution in [1.82, 2.24) is 0 Å². The number of rotatable bonds is 5. The maximum atomic E-state index is 12.5. The zero-order valence-corrected chi connectivity index (χ0v) is 14.3. The SMILES string of the molecule is O=C1CCCCC1C(SOS(=O)(=O)C(F)(F)F)C1CCCCC1. The number of hydrogen-bond donors (Lipinski definition) is 0. The van der Waals surface area contributed by atoms with E-state index in [0.29, 0.717) is 24.9 Å². The van der Waals surface area contributed by atoms with E-state index in [2.05, 4.69) is 3.63 Å². The molecular weight excluding hydrogens is 353 g/mol. The molecule has 0 aromatic heterocycles. The molecule has 2 rings (SSSR count). The first kappa shape index (κ1) is 19.1. The Morgan fingerprint density at radius 2 is 1.65 bits per heavy atom. The third-order valence-electron chi connectivity index (χ3n) is 4.64. The fourth-order valence-electron chi connectivity index (χ4n) is 3.43. The van der Waals surface area contributed by atoms with E-state index in [0.717, 1.165) is 44.9 Å². The number of halogens is 3. The lowest BCUT2D eigenvalue weighted by Gasteiger charge is -2.35. The molecule has 0 aromatic carbocycles. The predicted octanol–water partition coefficient (Wildman–Crippen LogP) is 4.21. The van der Waals surface area contributed by atoms with Gasteiger partial charge in [-0.3, -0.25) is 4.79 Å². The van der Waals surface area contributed by atoms with Gasteiger partial charge in [0.25, 0.3) is 0 Å². The highest BCUT2D eigenvalue weighted by Gasteiger charge is 2.49. The molecule has 23 heavy (non-hydrogen) atoms. The van der Waals surface area contributed by atoms with Crippen LogP contribution in [0.3, 0.4) is 0 Å². The van der Waals surface area contributed by atoms with Gasteiger partial charge in [0, 0.05) is 29.6 Å². The Balaban J connectivity index is 2.11. The van der Waals surface area contributed by atoms with Crippen LogP contribution in [-0.4, -0.2) is 25.0 Å². The molecule has 0 spiro atoms. The summed E-state index contributed by atoms with van der Waals surface area (Å²) in [6.07, 6.45) is 7.22. The molecule has 2 unspecified atom stereocenters. The van der Waals surface area contributed by atoms with E-state index in [9.17, 15) is 26.4 Å². The van der Waals surface area contributed by atoms with Crippen molar-refractivity contribution < 1.29 is 30.0 Å². The van der Waals surface area contributed by atoms with Gasteiger partial charge in [-0.1, -0.05) is 25.7 Å². The van der Waals surface area contributed by atoms with Gasteiger partial charge in [-0.05, 0) is 31.6 Å². The molecule has 0 saturated heterocycles. The van der Waals surface area contributed by atoms with Gasteiger partial charge in [-0.2, -0.15) is 25.2 Å². The lowest BCUT2D eigenvalue weighted by Crippen LogP contribution is -2.36. The molecule has 0 aromatic rings. The first-order valence-electron chi connectivity index (χ1n) is 7.91. The van der Waals surface area contributed by atoms with E-state index in [1.807, 2.05) is 0 Å². The largest absolute Gasteiger partial charge is 0.524 e. The van der Waals surface area contributed by atoms with Crippen molar-refractivity contribution in [3.63, 3.8) is 0 Å². The molecule has 2 atom stereocenters. The molecule has 2 aliphatic carbocycles. The third-order valence-corrected chi connectivity index (χ3v) is 7.17. The Hall–Kier alpha value is -0.280. The fraction of sp³-hybridized carbons (Fsp3) is 0.929. The predicted molar refractivity (Wildman–Crippen MR) is 81.0 cm³/mol. The summed E-state index contributed by atoms with van der Waals surface area (Å²) >= 11 is 0.343. The maximum absolute atomic E-state index is 12.5. The number of carbonyl (C=O) groups excluding carboxylic acids is 1. The van der Waals surface area contributed by atoms with E-state index >= 15 is 0 Å². The Labute approximate surface area is 138 Å². The first-order valence-corrected chi connectivity index (χ1v) is 10.1. The minimum absolute atomic E-state index is 0.0207. The standard InChI is InChI=1S/C14H21F3O4S2/c15-14(16,17)23(19,20)21-22-13(10-6-2-1-3-7-10)11-8-4-5-9-12(11)18/h10-11,13H,1-9H2. The van der Waals surface area contributed by atoms with Crippen molar-refractivity contribution >= 4 is 27.9 Å². The zero-order chi connectivity index (χ0) is 17.1. The molecule has 0 radical (unpaired) electrons. The van der Waals surface area contributed by atoms with Crippen LogP contribution in [-0.2, 0) is 18.5 Å². The molecule has 4 nitrogen and oxygen atoms in total. The molecule has 0 aliphatic heterocycles. The van der Waals surface area contributed by atoms with Crippen LogP contribution >= 0.6 is 12.0 Å². The van der Waals surface area contributed by atoms with Gasteiger partial charge in [-0.25, -0.2) is 0 Å². The van der Waals surface area contributed by atoms with Gasteiger partial charge in [-0.15, -0.1) is 0 Å². The number of alkyl halides is 3. The topological polar surface area (TPSA) is 60.4 Å². The summed E-state index contributed by atoms with van der Waals surface area (Å²) < 4.78 is 63.9. The van der Waals surface area contributed by atoms with Gasteiger partial charge in [0.05, 0.1) is 0 Å². The second kappa shape index (κ2) is 7.74. The lowest BCUT2D eigenvalue weighted by molar-refractivity contribution is -0.125. The summed E-state index contributed by atoms with van der Waals surface area (Å²) in [7, 11) is -5.64. The third kappa shape index (κ3) is 4.85. The lowest BCUT2D eigenvalue weighted by atomic mass is 9.76. The molecule has 0 amide bonds. The van der Waals surface area contributed by atoms with Crippen LogP contribution in [0.15, 0.2) is 0 Å². The molecule has 2 saturated carbocycles. The van der Waals surface area contributed by atoms with Gasteiger partial charge >= 0.3 is 15.6 Å². The first-order chi connectivity index (χ1) is 10.7. The highest BCUT2D eigenvalue weighted by atomic mass is 32.3. The summed E-state index contributed by atoms with van der Waals surface area (Å²) in [5.41, 5.74) is -5.44. The Morgan fingerprint density at radius 1 is 1.04 bits per heavy atom. The minimum Gasteiger partial charge on any atom is -0.299 e. The van der Waals surface area contributed by atoms with Gasteiger partial charge in [0.15, 0.2) is 0 Å². The van der Waals surface area contributed by atoms with E-state index < -0.39 is 26.8 Å². The Bertz CT molecular complexity index is 513. The molecule has 2 fully saturated rings. The smallest absolute Gasteiger partial charge is 0.299 e. The number of ketones is 1. The average Bonchev–Trinajstić information content (AvgIpc) is 2.49. The summed E-state index contributed by atoms with van der Waals surface area (Å²) in [5.74, 6) is -0.350. The summed E-state index contributed by atoms with van der Waals surface area (Å²) in [6, 6.07) is 0. The quantitative estimate of drug-likeness (QED) is 0.533. The summed E-state index contributed by atoms with van der Waals surface area (Å²) in [5, 5.41) is -0.514. The molecule has 9 heteroatoms. The fourth-order valence-corrected chi connectivity index (χ4v) is 5.37. The zero-order valence-electron chi connectivity index (χ0n) is 12.7. The molecular formula is C14H21F3O4S2. The van der Waals surface area contributed by atoms with Crippen molar-refractivity contribution in [1.29, 1.82) is 0 Å². The van der Waals surface area contributed by atoms with Crippen LogP contribution in [0.25, 0.3) is 0 Å². The minimum atomic E-state index is -5.64. The Morgan fingerprint density at radius 3 is 2.22 bits per heavy atom. The van der Waals surface area contributed by atoms with Crippen molar-refractivity contribution in [3.05, 3.63) is 0 Å². The van der Waals surface area contributed by atoms with Crippen LogP contribution in [0.2, 0.25) is 0 Å². The van der Waals surface area contributed by atoms with E-state index in [-0.39, 0.29) is 11.7 Å². The van der Waals surface area contributed by atoms with Crippen molar-refractivity contribution in [2.75, 3.05) is 0 Å². The van der Waals surface area contributed by atoms with E-state index in [1.54, 1.807) is 0 Å². The van der Waals surface area contributed by atoms with Crippen LogP contribution in [0, 0.1) is 11.8 Å². The monoisotopic (exact) mass is 374 g/mol. The van der Waals surface area contributed by atoms with Crippen molar-refractivity contribution in [3.8, 4) is 0 Å². The number of Topliss-reactive ketones (excluding diaryl/α,β-unsaturated/α-hetero) is 1. The molecule has 0 heterocycles. The summed E-state index contributed by atoms with van der Waals surface area (Å²) in [4.78, 5) is 12.2. The molecule has 0 bridgehead atoms. The van der Waals surface area contributed by atoms with E-state index in [1.165, 1.54) is 0 Å². The molecule has 134 valence electrons. The summed E-state index contributed by atoms with van der Waals surface area (Å²) in [6.45, 7) is 0. The van der Waals surface area contributed by atoms with Crippen LogP contribution < -0.4 is 0 Å². The van der Waals surface area contributed by atoms with Crippen LogP contribution in [0.4, 0.5) is 13.2 Å². The molecule has 2 aliphatic rings. The van der Waals surface area contributed by atoms with Crippen molar-refractivity contribution in [2.45, 2.75) is 68.5 Å². The van der Waals surface area contributed by atoms with E-state index in [4.69, 9.17) is 0 Å². The normalized spacial score (nSPS) is 26.2. The maximum Gasteiger partial charge on any atom is 0.524 e. The highest BCUT2D eigenvalue weighted by Crippen LogP contribution is 2.42. The number of carbonyl (C=O) groups is 1. The van der Waals surface area contributed by atoms with Gasteiger partial charge in [0.2, 0.25) is 0 Å². The molecule has 0 N–H and O–H groups in total. The van der Waals surface area contributed by atoms with Crippen molar-refractivity contribution in [2.24, 2.45) is 11.8 Å². The van der Waals surface area contributed by atoms with Crippen LogP contribution in [0.5, 0.6) is 0 Å². The van der Waals surface area contributed by atoms with Gasteiger partial charge in [0.1, 0.15) is 5.78 Å². The average molecular weight is 374 g/mol. The van der Waals surface area contributed by atoms with Crippen LogP contribution in [0.1, 0.15) is 57.8 Å². The number of hydrogen-bond acceptors (Lipinski definition) is 5. The Kier molecular flexibility index (Phi) is 6.41. The second-order valence-electron chi connectivity index (χ2n) is 6.25. The second-order valence-corrected chi connectivity index (χ2v) is 8.90. The highest BCUT2D eigenvalue weighted by molar-refractivity contribution is 8.05.